The zero-order valence-electron chi connectivity index (χ0n) is 33.5. The molecule has 3 heterocycles. The maximum absolute atomic E-state index is 13.4. The first kappa shape index (κ1) is 43.6. The van der Waals surface area contributed by atoms with Crippen molar-refractivity contribution in [3.8, 4) is 0 Å². The van der Waals surface area contributed by atoms with Crippen molar-refractivity contribution >= 4 is 62.6 Å². The van der Waals surface area contributed by atoms with Gasteiger partial charge in [-0.05, 0) is 99.1 Å². The average molecular weight is 814 g/mol. The predicted molar refractivity (Wildman–Crippen MR) is 234 cm³/mol. The number of allylic oxidation sites excluding steroid dienone is 10. The van der Waals surface area contributed by atoms with Crippen molar-refractivity contribution < 1.29 is 23.9 Å². The SMILES string of the molecule is CCC/C=C\C/C=C\C/C=C\C/C=C\C/C=C\CCCC(=O)OC(C(=O)OCC)N1C(=O)Cc2cc(CCN3CCN(c4nsc5ccccc45)CC3)c(Cl)cc21. The number of carbonyl (C=O) groups is 3. The van der Waals surface area contributed by atoms with Gasteiger partial charge in [-0.25, -0.2) is 4.79 Å². The van der Waals surface area contributed by atoms with Gasteiger partial charge in [0.1, 0.15) is 5.82 Å². The molecule has 0 N–H and O–H groups in total. The maximum atomic E-state index is 13.4. The Balaban J connectivity index is 1.05. The Morgan fingerprint density at radius 2 is 1.53 bits per heavy atom. The summed E-state index contributed by atoms with van der Waals surface area (Å²) in [6.07, 6.45) is 28.2. The summed E-state index contributed by atoms with van der Waals surface area (Å²) in [5.74, 6) is -0.633. The fourth-order valence-corrected chi connectivity index (χ4v) is 7.92. The molecule has 1 fully saturated rings. The Morgan fingerprint density at radius 1 is 0.877 bits per heavy atom. The second kappa shape index (κ2) is 23.7. The van der Waals surface area contributed by atoms with E-state index in [0.29, 0.717) is 30.0 Å². The molecular weight excluding hydrogens is 756 g/mol. The topological polar surface area (TPSA) is 92.3 Å². The first-order valence-electron chi connectivity index (χ1n) is 20.5. The van der Waals surface area contributed by atoms with Crippen molar-refractivity contribution in [3.63, 3.8) is 0 Å². The van der Waals surface area contributed by atoms with E-state index in [4.69, 9.17) is 25.4 Å². The molecule has 5 rings (SSSR count). The minimum absolute atomic E-state index is 0.0807. The Morgan fingerprint density at radius 3 is 2.19 bits per heavy atom. The predicted octanol–water partition coefficient (Wildman–Crippen LogP) is 9.95. The third-order valence-corrected chi connectivity index (χ3v) is 11.1. The number of esters is 2. The zero-order chi connectivity index (χ0) is 40.2. The minimum Gasteiger partial charge on any atom is -0.462 e. The summed E-state index contributed by atoms with van der Waals surface area (Å²) in [4.78, 5) is 45.4. The van der Waals surface area contributed by atoms with E-state index in [-0.39, 0.29) is 25.4 Å². The molecule has 11 heteroatoms. The molecule has 1 saturated heterocycles. The van der Waals surface area contributed by atoms with Crippen molar-refractivity contribution in [2.24, 2.45) is 0 Å². The molecule has 9 nitrogen and oxygen atoms in total. The lowest BCUT2D eigenvalue weighted by atomic mass is 10.1. The average Bonchev–Trinajstić information content (AvgIpc) is 3.78. The van der Waals surface area contributed by atoms with Crippen LogP contribution in [-0.2, 0) is 36.7 Å². The number of nitrogens with zero attached hydrogens (tertiary/aromatic N) is 4. The van der Waals surface area contributed by atoms with Gasteiger partial charge in [0, 0.05) is 49.6 Å². The number of fused-ring (bicyclic) bond motifs is 2. The van der Waals surface area contributed by atoms with E-state index in [1.807, 2.05) is 18.2 Å². The van der Waals surface area contributed by atoms with Crippen molar-refractivity contribution in [3.05, 3.63) is 113 Å². The first-order chi connectivity index (χ1) is 27.9. The number of aromatic nitrogens is 1. The lowest BCUT2D eigenvalue weighted by Gasteiger charge is -2.35. The van der Waals surface area contributed by atoms with Gasteiger partial charge in [0.05, 0.1) is 23.4 Å². The molecule has 0 spiro atoms. The van der Waals surface area contributed by atoms with Crippen LogP contribution in [0.4, 0.5) is 11.5 Å². The van der Waals surface area contributed by atoms with E-state index in [2.05, 4.69) is 89.6 Å². The summed E-state index contributed by atoms with van der Waals surface area (Å²) in [5, 5.41) is 1.71. The van der Waals surface area contributed by atoms with Crippen molar-refractivity contribution in [2.75, 3.05) is 49.1 Å². The first-order valence-corrected chi connectivity index (χ1v) is 21.6. The van der Waals surface area contributed by atoms with Gasteiger partial charge in [-0.3, -0.25) is 19.4 Å². The smallest absolute Gasteiger partial charge is 0.369 e. The number of halogens is 1. The number of benzene rings is 2. The Labute approximate surface area is 347 Å². The van der Waals surface area contributed by atoms with Gasteiger partial charge >= 0.3 is 11.9 Å². The molecule has 0 aliphatic carbocycles. The second-order valence-corrected chi connectivity index (χ2v) is 15.4. The largest absolute Gasteiger partial charge is 0.462 e. The van der Waals surface area contributed by atoms with Crippen LogP contribution < -0.4 is 9.80 Å². The summed E-state index contributed by atoms with van der Waals surface area (Å²) >= 11 is 8.35. The van der Waals surface area contributed by atoms with Crippen LogP contribution in [0.1, 0.15) is 82.8 Å². The molecule has 1 atom stereocenters. The molecule has 1 unspecified atom stereocenters. The number of unbranched alkanes of at least 4 members (excludes halogenated alkanes) is 2. The number of ether oxygens (including phenoxy) is 2. The Kier molecular flexibility index (Phi) is 18.1. The standard InChI is InChI=1S/C46H57ClN4O5S/c1-3-5-6-7-8-9-10-11-12-13-14-15-16-17-18-19-20-21-26-43(53)56-45(46(54)55-4-2)51-40-35-39(47)36(33-37(40)34-42(51)52)27-28-49-29-31-50(32-30-49)44-38-24-22-23-25-41(38)57-48-44/h6-7,9-10,12-13,15-16,18-19,22-25,33,35,45H,3-5,8,11,14,17,20-21,26-32,34H2,1-2H3/b7-6-,10-9-,13-12-,16-15-,19-18-. The van der Waals surface area contributed by atoms with Crippen LogP contribution in [0.15, 0.2) is 97.2 Å². The third-order valence-electron chi connectivity index (χ3n) is 9.94. The van der Waals surface area contributed by atoms with Crippen LogP contribution in [0.2, 0.25) is 5.02 Å². The summed E-state index contributed by atoms with van der Waals surface area (Å²) < 4.78 is 16.8. The molecule has 0 saturated carbocycles. The summed E-state index contributed by atoms with van der Waals surface area (Å²) in [7, 11) is 0. The lowest BCUT2D eigenvalue weighted by molar-refractivity contribution is -0.168. The molecule has 3 aromatic rings. The van der Waals surface area contributed by atoms with Crippen LogP contribution in [0, 0.1) is 0 Å². The van der Waals surface area contributed by atoms with E-state index in [1.54, 1.807) is 24.5 Å². The molecule has 304 valence electrons. The molecule has 0 bridgehead atoms. The van der Waals surface area contributed by atoms with Crippen molar-refractivity contribution in [1.29, 1.82) is 0 Å². The van der Waals surface area contributed by atoms with Gasteiger partial charge in [-0.1, -0.05) is 104 Å². The van der Waals surface area contributed by atoms with Crippen LogP contribution in [-0.4, -0.2) is 72.7 Å². The molecule has 1 amide bonds. The number of hydrogen-bond acceptors (Lipinski definition) is 9. The Hall–Kier alpha value is -4.51. The highest BCUT2D eigenvalue weighted by atomic mass is 35.5. The van der Waals surface area contributed by atoms with Crippen LogP contribution in [0.3, 0.4) is 0 Å². The number of carbonyl (C=O) groups excluding carboxylic acids is 3. The summed E-state index contributed by atoms with van der Waals surface area (Å²) in [6.45, 7) is 8.38. The highest BCUT2D eigenvalue weighted by molar-refractivity contribution is 7.13. The van der Waals surface area contributed by atoms with Crippen LogP contribution in [0.25, 0.3) is 10.1 Å². The number of rotatable bonds is 22. The van der Waals surface area contributed by atoms with Crippen molar-refractivity contribution in [2.45, 2.75) is 90.7 Å². The summed E-state index contributed by atoms with van der Waals surface area (Å²) in [6, 6.07) is 12.0. The monoisotopic (exact) mass is 812 g/mol. The number of amides is 1. The Bertz CT molecular complexity index is 1930. The van der Waals surface area contributed by atoms with E-state index in [9.17, 15) is 14.4 Å². The molecule has 57 heavy (non-hydrogen) atoms. The highest BCUT2D eigenvalue weighted by Gasteiger charge is 2.41. The van der Waals surface area contributed by atoms with Crippen LogP contribution in [0.5, 0.6) is 0 Å². The van der Waals surface area contributed by atoms with Gasteiger partial charge in [0.25, 0.3) is 6.23 Å². The van der Waals surface area contributed by atoms with Gasteiger partial charge in [0.15, 0.2) is 0 Å². The molecule has 1 aromatic heterocycles. The van der Waals surface area contributed by atoms with Gasteiger partial charge < -0.3 is 14.4 Å². The van der Waals surface area contributed by atoms with E-state index in [1.165, 1.54) is 21.4 Å². The van der Waals surface area contributed by atoms with Gasteiger partial charge in [0.2, 0.25) is 5.91 Å². The number of hydrogen-bond donors (Lipinski definition) is 0. The number of anilines is 2. The fourth-order valence-electron chi connectivity index (χ4n) is 6.87. The third kappa shape index (κ3) is 13.3. The van der Waals surface area contributed by atoms with Crippen LogP contribution >= 0.6 is 23.1 Å². The van der Waals surface area contributed by atoms with Crippen molar-refractivity contribution in [1.82, 2.24) is 9.27 Å². The normalized spacial score (nSPS) is 15.7. The quantitative estimate of drug-likeness (QED) is 0.0563. The van der Waals surface area contributed by atoms with E-state index in [0.717, 1.165) is 81.8 Å². The number of piperazine rings is 1. The zero-order valence-corrected chi connectivity index (χ0v) is 35.0. The fraction of sp³-hybridized carbons (Fsp3) is 0.435. The second-order valence-electron chi connectivity index (χ2n) is 14.2. The van der Waals surface area contributed by atoms with Gasteiger partial charge in [-0.2, -0.15) is 4.37 Å². The summed E-state index contributed by atoms with van der Waals surface area (Å²) in [5.41, 5.74) is 2.16. The maximum Gasteiger partial charge on any atom is 0.369 e. The van der Waals surface area contributed by atoms with E-state index >= 15 is 0 Å². The minimum atomic E-state index is -1.52. The molecular formula is C46H57ClN4O5S. The molecule has 2 aliphatic heterocycles. The lowest BCUT2D eigenvalue weighted by Crippen LogP contribution is -2.47. The van der Waals surface area contributed by atoms with E-state index < -0.39 is 18.2 Å². The highest BCUT2D eigenvalue weighted by Crippen LogP contribution is 2.36. The molecule has 0 radical (unpaired) electrons. The van der Waals surface area contributed by atoms with Gasteiger partial charge in [-0.15, -0.1) is 0 Å². The molecule has 2 aliphatic rings. The molecule has 2 aromatic carbocycles.